The van der Waals surface area contributed by atoms with E-state index in [1.54, 1.807) is 24.3 Å². The molecule has 0 radical (unpaired) electrons. The fraction of sp³-hybridized carbons (Fsp3) is 0.689. The number of unbranched alkanes of at least 4 members (excludes halogenated alkanes) is 2. The van der Waals surface area contributed by atoms with Gasteiger partial charge in [-0.3, -0.25) is 57.5 Å². The molecule has 0 saturated carbocycles. The number of esters is 6. The van der Waals surface area contributed by atoms with Crippen LogP contribution in [0.15, 0.2) is 30.3 Å². The highest BCUT2D eigenvalue weighted by atomic mass is 16.7. The van der Waals surface area contributed by atoms with Gasteiger partial charge in [0.05, 0.1) is 32.5 Å². The summed E-state index contributed by atoms with van der Waals surface area (Å²) < 4.78 is 72.5. The second kappa shape index (κ2) is 45.3. The molecule has 33 heteroatoms. The van der Waals surface area contributed by atoms with E-state index in [1.807, 2.05) is 6.07 Å². The number of carbonyl (C=O) groups is 13. The maximum Gasteiger partial charge on any atom is 0.407 e. The van der Waals surface area contributed by atoms with Crippen LogP contribution in [0.3, 0.4) is 0 Å². The summed E-state index contributed by atoms with van der Waals surface area (Å²) in [5, 5.41) is 19.0. The molecule has 0 spiro atoms. The molecule has 2 saturated heterocycles. The summed E-state index contributed by atoms with van der Waals surface area (Å²) in [6.45, 7) is 9.54. The van der Waals surface area contributed by atoms with E-state index in [2.05, 4.69) is 37.2 Å². The lowest BCUT2D eigenvalue weighted by Crippen LogP contribution is -2.66. The largest absolute Gasteiger partial charge is 0.463 e. The predicted octanol–water partition coefficient (Wildman–Crippen LogP) is 0.0258. The average Bonchev–Trinajstić information content (AvgIpc) is 0.797. The lowest BCUT2D eigenvalue weighted by atomic mass is 9.96. The van der Waals surface area contributed by atoms with E-state index in [4.69, 9.17) is 61.6 Å². The van der Waals surface area contributed by atoms with Crippen LogP contribution in [0.1, 0.15) is 125 Å². The monoisotopic (exact) mass is 1340 g/mol. The third kappa shape index (κ3) is 34.7. The first-order valence-electron chi connectivity index (χ1n) is 31.0. The fourth-order valence-corrected chi connectivity index (χ4v) is 9.33. The van der Waals surface area contributed by atoms with E-state index in [0.29, 0.717) is 38.5 Å². The summed E-state index contributed by atoms with van der Waals surface area (Å²) in [6, 6.07) is 6.05. The number of nitrogens with one attached hydrogen (secondary N) is 7. The molecule has 0 bridgehead atoms. The Hall–Kier alpha value is -8.11. The van der Waals surface area contributed by atoms with Crippen LogP contribution in [0.25, 0.3) is 0 Å². The fourth-order valence-electron chi connectivity index (χ4n) is 9.33. The van der Waals surface area contributed by atoms with Gasteiger partial charge in [-0.25, -0.2) is 4.79 Å². The predicted molar refractivity (Wildman–Crippen MR) is 323 cm³/mol. The summed E-state index contributed by atoms with van der Waals surface area (Å²) in [5.74, 6) is -6.44. The number of hydrogen-bond donors (Lipinski definition) is 7. The van der Waals surface area contributed by atoms with Crippen LogP contribution in [0.5, 0.6) is 0 Å². The summed E-state index contributed by atoms with van der Waals surface area (Å²) >= 11 is 0. The number of carbonyl (C=O) groups excluding carboxylic acids is 13. The molecule has 2 aliphatic rings. The number of hydrogen-bond acceptors (Lipinski definition) is 26. The van der Waals surface area contributed by atoms with E-state index in [-0.39, 0.29) is 135 Å². The Morgan fingerprint density at radius 1 is 0.426 bits per heavy atom. The molecule has 94 heavy (non-hydrogen) atoms. The lowest BCUT2D eigenvalue weighted by Gasteiger charge is -2.44. The second-order valence-electron chi connectivity index (χ2n) is 21.8. The van der Waals surface area contributed by atoms with Crippen LogP contribution >= 0.6 is 0 Å². The molecule has 10 atom stereocenters. The SMILES string of the molecule is CC(=O)N[C@H]1[C@H](OCCCCC(=O)NCCCNC(=O)CCOCC(COCCC(=O)NCCCNC(=O)CCCCO[C@@H]2O[C@H](COC(C)=O)[C@H](OC(C)=O)[C@H](OC(C)=O)[C@H]2NC(C)=O)NC(=O)OCc2ccccc2)O[C@H](COC(C)=O)[C@H](OC(C)=O)[C@@H]1OC(C)=O. The van der Waals surface area contributed by atoms with Crippen molar-refractivity contribution in [3.05, 3.63) is 35.9 Å². The Bertz CT molecular complexity index is 2460. The molecule has 2 aliphatic heterocycles. The smallest absolute Gasteiger partial charge is 0.407 e. The molecule has 7 amide bonds. The normalized spacial score (nSPS) is 20.6. The molecule has 1 aromatic rings. The van der Waals surface area contributed by atoms with E-state index in [9.17, 15) is 62.3 Å². The zero-order valence-electron chi connectivity index (χ0n) is 54.6. The Morgan fingerprint density at radius 2 is 0.798 bits per heavy atom. The van der Waals surface area contributed by atoms with Crippen molar-refractivity contribution in [1.29, 1.82) is 0 Å². The number of benzene rings is 1. The van der Waals surface area contributed by atoms with Crippen molar-refractivity contribution in [1.82, 2.24) is 37.2 Å². The van der Waals surface area contributed by atoms with Crippen LogP contribution in [-0.4, -0.2) is 224 Å². The zero-order valence-corrected chi connectivity index (χ0v) is 54.6. The van der Waals surface area contributed by atoms with E-state index < -0.39 is 121 Å². The van der Waals surface area contributed by atoms with Gasteiger partial charge in [-0.05, 0) is 44.1 Å². The topological polar surface area (TPSA) is 426 Å². The first kappa shape index (κ1) is 80.1. The molecule has 2 heterocycles. The van der Waals surface area contributed by atoms with E-state index in [0.717, 1.165) is 33.3 Å². The van der Waals surface area contributed by atoms with Gasteiger partial charge in [-0.1, -0.05) is 30.3 Å². The zero-order chi connectivity index (χ0) is 69.4. The van der Waals surface area contributed by atoms with Gasteiger partial charge in [-0.2, -0.15) is 0 Å². The van der Waals surface area contributed by atoms with Crippen molar-refractivity contribution in [2.45, 2.75) is 194 Å². The van der Waals surface area contributed by atoms with Gasteiger partial charge in [0, 0.05) is 120 Å². The Kier molecular flexibility index (Phi) is 38.6. The average molecular weight is 1340 g/mol. The number of amides is 7. The molecule has 0 aromatic heterocycles. The van der Waals surface area contributed by atoms with Gasteiger partial charge in [0.25, 0.3) is 0 Å². The summed E-state index contributed by atoms with van der Waals surface area (Å²) in [7, 11) is 0. The molecule has 0 aliphatic carbocycles. The number of alkyl carbamates (subject to hydrolysis) is 1. The Balaban J connectivity index is 1.33. The third-order valence-electron chi connectivity index (χ3n) is 13.4. The quantitative estimate of drug-likeness (QED) is 0.0257. The van der Waals surface area contributed by atoms with E-state index in [1.165, 1.54) is 27.7 Å². The molecule has 528 valence electrons. The summed E-state index contributed by atoms with van der Waals surface area (Å²) in [6.07, 6.45) is -7.94. The van der Waals surface area contributed by atoms with Crippen LogP contribution in [-0.2, 0) is 126 Å². The van der Waals surface area contributed by atoms with Crippen LogP contribution in [0.2, 0.25) is 0 Å². The first-order chi connectivity index (χ1) is 44.8. The molecule has 3 rings (SSSR count). The van der Waals surface area contributed by atoms with Crippen molar-refractivity contribution in [3.63, 3.8) is 0 Å². The van der Waals surface area contributed by atoms with Gasteiger partial charge in [-0.15, -0.1) is 0 Å². The molecule has 2 fully saturated rings. The van der Waals surface area contributed by atoms with Gasteiger partial charge < -0.3 is 98.8 Å². The minimum atomic E-state index is -1.27. The Labute approximate surface area is 545 Å². The molecular weight excluding hydrogens is 1250 g/mol. The molecule has 0 unspecified atom stereocenters. The van der Waals surface area contributed by atoms with Crippen LogP contribution in [0, 0.1) is 0 Å². The van der Waals surface area contributed by atoms with E-state index >= 15 is 0 Å². The number of rotatable bonds is 43. The first-order valence-corrected chi connectivity index (χ1v) is 31.0. The van der Waals surface area contributed by atoms with Crippen molar-refractivity contribution >= 4 is 77.4 Å². The molecular formula is C61H93N7O26. The lowest BCUT2D eigenvalue weighted by molar-refractivity contribution is -0.277. The van der Waals surface area contributed by atoms with Crippen molar-refractivity contribution in [3.8, 4) is 0 Å². The second-order valence-corrected chi connectivity index (χ2v) is 21.8. The van der Waals surface area contributed by atoms with Gasteiger partial charge >= 0.3 is 41.9 Å². The molecule has 7 N–H and O–H groups in total. The maximum absolute atomic E-state index is 12.8. The number of ether oxygens (including phenoxy) is 13. The third-order valence-corrected chi connectivity index (χ3v) is 13.4. The minimum Gasteiger partial charge on any atom is -0.463 e. The molecule has 1 aromatic carbocycles. The highest BCUT2D eigenvalue weighted by molar-refractivity contribution is 5.78. The highest BCUT2D eigenvalue weighted by Crippen LogP contribution is 2.30. The van der Waals surface area contributed by atoms with Gasteiger partial charge in [0.1, 0.15) is 44.1 Å². The Morgan fingerprint density at radius 3 is 1.16 bits per heavy atom. The summed E-state index contributed by atoms with van der Waals surface area (Å²) in [4.78, 5) is 159. The highest BCUT2D eigenvalue weighted by Gasteiger charge is 2.53. The van der Waals surface area contributed by atoms with Crippen molar-refractivity contribution < 1.29 is 124 Å². The van der Waals surface area contributed by atoms with Crippen molar-refractivity contribution in [2.24, 2.45) is 0 Å². The maximum atomic E-state index is 12.8. The van der Waals surface area contributed by atoms with Gasteiger partial charge in [0.2, 0.25) is 35.4 Å². The van der Waals surface area contributed by atoms with Crippen LogP contribution < -0.4 is 37.2 Å². The van der Waals surface area contributed by atoms with Crippen LogP contribution in [0.4, 0.5) is 4.79 Å². The minimum absolute atomic E-state index is 0.00387. The van der Waals surface area contributed by atoms with Gasteiger partial charge in [0.15, 0.2) is 37.0 Å². The standard InChI is InChI=1S/C61H93N7O26/c1-37(69)66-53-57(91-43(7)75)55(89-41(5)73)47(35-86-39(3)71)93-59(53)84-28-14-12-20-49(77)62-24-16-26-64-51(79)22-30-82-33-46(68-61(81)88-32-45-18-10-9-11-19-45)34-83-31-23-52(80)65-27-17-25-63-50(78)21-13-15-29-85-60-54(67-38(2)70)58(92-44(8)76)56(90-42(6)74)48(94-60)36-87-40(4)72/h9-11,18-19,46-48,53-60H,12-17,20-36H2,1-8H3,(H,62,77)(H,63,78)(H,64,79)(H,65,80)(H,66,69)(H,67,70)(H,68,81)/t47-,48-,53-,54-,55+,56+,57-,58-,59-,60-/m1/s1. The molecule has 33 nitrogen and oxygen atoms in total. The van der Waals surface area contributed by atoms with Crippen molar-refractivity contribution in [2.75, 3.05) is 79.0 Å². The summed E-state index contributed by atoms with van der Waals surface area (Å²) in [5.41, 5.74) is 0.763.